The summed E-state index contributed by atoms with van der Waals surface area (Å²) in [6, 6.07) is 5.95. The average Bonchev–Trinajstić information content (AvgIpc) is 2.72. The van der Waals surface area contributed by atoms with Crippen LogP contribution < -0.4 is 4.74 Å². The van der Waals surface area contributed by atoms with Gasteiger partial charge in [-0.2, -0.15) is 0 Å². The fourth-order valence-electron chi connectivity index (χ4n) is 2.12. The van der Waals surface area contributed by atoms with Crippen LogP contribution in [0.2, 0.25) is 0 Å². The van der Waals surface area contributed by atoms with E-state index in [1.54, 1.807) is 0 Å². The Labute approximate surface area is 102 Å². The molecule has 0 aromatic heterocycles. The van der Waals surface area contributed by atoms with Crippen LogP contribution in [0.4, 0.5) is 0 Å². The minimum absolute atomic E-state index is 0.654. The van der Waals surface area contributed by atoms with Gasteiger partial charge < -0.3 is 9.94 Å². The third-order valence-electron chi connectivity index (χ3n) is 3.13. The van der Waals surface area contributed by atoms with Crippen molar-refractivity contribution in [2.45, 2.75) is 33.1 Å². The summed E-state index contributed by atoms with van der Waals surface area (Å²) in [7, 11) is 0. The maximum atomic E-state index is 8.90. The predicted octanol–water partition coefficient (Wildman–Crippen LogP) is 3.24. The van der Waals surface area contributed by atoms with Crippen LogP contribution in [0.5, 0.6) is 5.75 Å². The maximum Gasteiger partial charge on any atom is 0.123 e. The standard InChI is InChI=1S/C14H19NO2/c1-10(2)8-9-17-14-5-3-4-11-12(14)6-7-13(11)15-16/h3-5,10,16H,6-9H2,1-2H3. The Morgan fingerprint density at radius 1 is 1.35 bits per heavy atom. The molecule has 1 aromatic rings. The second-order valence-corrected chi connectivity index (χ2v) is 4.86. The summed E-state index contributed by atoms with van der Waals surface area (Å²) in [4.78, 5) is 0. The number of fused-ring (bicyclic) bond motifs is 1. The summed E-state index contributed by atoms with van der Waals surface area (Å²) in [5.74, 6) is 1.60. The first-order chi connectivity index (χ1) is 8.22. The molecule has 2 rings (SSSR count). The number of hydrogen-bond acceptors (Lipinski definition) is 3. The van der Waals surface area contributed by atoms with Crippen LogP contribution in [0.1, 0.15) is 37.8 Å². The molecule has 0 spiro atoms. The molecule has 3 heteroatoms. The van der Waals surface area contributed by atoms with Crippen molar-refractivity contribution in [2.75, 3.05) is 6.61 Å². The SMILES string of the molecule is CC(C)CCOc1cccc2c1CCC2=NO. The van der Waals surface area contributed by atoms with E-state index >= 15 is 0 Å². The molecule has 1 N–H and O–H groups in total. The molecule has 0 saturated heterocycles. The molecule has 92 valence electrons. The van der Waals surface area contributed by atoms with Gasteiger partial charge in [0.05, 0.1) is 12.3 Å². The molecular formula is C14H19NO2. The van der Waals surface area contributed by atoms with Gasteiger partial charge in [0.1, 0.15) is 5.75 Å². The quantitative estimate of drug-likeness (QED) is 0.640. The van der Waals surface area contributed by atoms with Crippen molar-refractivity contribution in [1.82, 2.24) is 0 Å². The molecular weight excluding hydrogens is 214 g/mol. The molecule has 0 radical (unpaired) electrons. The molecule has 1 aromatic carbocycles. The van der Waals surface area contributed by atoms with Crippen molar-refractivity contribution in [1.29, 1.82) is 0 Å². The van der Waals surface area contributed by atoms with Crippen LogP contribution in [0.3, 0.4) is 0 Å². The van der Waals surface area contributed by atoms with E-state index in [0.29, 0.717) is 5.92 Å². The van der Waals surface area contributed by atoms with Crippen molar-refractivity contribution in [2.24, 2.45) is 11.1 Å². The zero-order chi connectivity index (χ0) is 12.3. The van der Waals surface area contributed by atoms with E-state index in [2.05, 4.69) is 19.0 Å². The molecule has 3 nitrogen and oxygen atoms in total. The molecule has 17 heavy (non-hydrogen) atoms. The Balaban J connectivity index is 2.12. The minimum atomic E-state index is 0.654. The van der Waals surface area contributed by atoms with E-state index in [-0.39, 0.29) is 0 Å². The molecule has 0 fully saturated rings. The molecule has 0 atom stereocenters. The van der Waals surface area contributed by atoms with Crippen LogP contribution in [0.25, 0.3) is 0 Å². The Morgan fingerprint density at radius 3 is 2.88 bits per heavy atom. The van der Waals surface area contributed by atoms with Gasteiger partial charge in [-0.15, -0.1) is 0 Å². The highest BCUT2D eigenvalue weighted by atomic mass is 16.5. The summed E-state index contributed by atoms with van der Waals surface area (Å²) in [5.41, 5.74) is 2.99. The van der Waals surface area contributed by atoms with Gasteiger partial charge in [0.2, 0.25) is 0 Å². The van der Waals surface area contributed by atoms with Gasteiger partial charge in [-0.1, -0.05) is 31.1 Å². The maximum absolute atomic E-state index is 8.90. The summed E-state index contributed by atoms with van der Waals surface area (Å²) in [6.45, 7) is 5.13. The Morgan fingerprint density at radius 2 is 2.18 bits per heavy atom. The van der Waals surface area contributed by atoms with E-state index in [1.807, 2.05) is 18.2 Å². The van der Waals surface area contributed by atoms with Crippen LogP contribution in [-0.4, -0.2) is 17.5 Å². The number of rotatable bonds is 4. The van der Waals surface area contributed by atoms with E-state index in [4.69, 9.17) is 9.94 Å². The fourth-order valence-corrected chi connectivity index (χ4v) is 2.12. The van der Waals surface area contributed by atoms with Gasteiger partial charge in [-0.05, 0) is 31.2 Å². The highest BCUT2D eigenvalue weighted by molar-refractivity contribution is 6.04. The normalized spacial score (nSPS) is 16.5. The number of nitrogens with zero attached hydrogens (tertiary/aromatic N) is 1. The summed E-state index contributed by atoms with van der Waals surface area (Å²) in [6.07, 6.45) is 2.77. The van der Waals surface area contributed by atoms with Crippen LogP contribution >= 0.6 is 0 Å². The third kappa shape index (κ3) is 2.60. The monoisotopic (exact) mass is 233 g/mol. The van der Waals surface area contributed by atoms with Crippen molar-refractivity contribution in [3.05, 3.63) is 29.3 Å². The topological polar surface area (TPSA) is 41.8 Å². The van der Waals surface area contributed by atoms with Crippen molar-refractivity contribution >= 4 is 5.71 Å². The van der Waals surface area contributed by atoms with E-state index in [9.17, 15) is 0 Å². The lowest BCUT2D eigenvalue weighted by molar-refractivity contribution is 0.287. The van der Waals surface area contributed by atoms with Gasteiger partial charge >= 0.3 is 0 Å². The molecule has 0 saturated carbocycles. The van der Waals surface area contributed by atoms with Crippen molar-refractivity contribution in [3.63, 3.8) is 0 Å². The van der Waals surface area contributed by atoms with Gasteiger partial charge in [0.25, 0.3) is 0 Å². The van der Waals surface area contributed by atoms with E-state index in [0.717, 1.165) is 42.9 Å². The largest absolute Gasteiger partial charge is 0.493 e. The third-order valence-corrected chi connectivity index (χ3v) is 3.13. The van der Waals surface area contributed by atoms with Gasteiger partial charge in [0.15, 0.2) is 0 Å². The van der Waals surface area contributed by atoms with E-state index in [1.165, 1.54) is 5.56 Å². The molecule has 1 aliphatic rings. The summed E-state index contributed by atoms with van der Waals surface area (Å²) in [5, 5.41) is 12.2. The second-order valence-electron chi connectivity index (χ2n) is 4.86. The lowest BCUT2D eigenvalue weighted by Crippen LogP contribution is -2.03. The number of benzene rings is 1. The lowest BCUT2D eigenvalue weighted by atomic mass is 10.1. The first-order valence-electron chi connectivity index (χ1n) is 6.18. The highest BCUT2D eigenvalue weighted by Gasteiger charge is 2.21. The molecule has 1 aliphatic carbocycles. The van der Waals surface area contributed by atoms with E-state index < -0.39 is 0 Å². The van der Waals surface area contributed by atoms with Gasteiger partial charge in [-0.25, -0.2) is 0 Å². The van der Waals surface area contributed by atoms with Crippen LogP contribution in [-0.2, 0) is 6.42 Å². The molecule has 0 amide bonds. The molecule has 0 aliphatic heterocycles. The van der Waals surface area contributed by atoms with Crippen molar-refractivity contribution < 1.29 is 9.94 Å². The van der Waals surface area contributed by atoms with Crippen molar-refractivity contribution in [3.8, 4) is 5.75 Å². The predicted molar refractivity (Wildman–Crippen MR) is 68.0 cm³/mol. The second kappa shape index (κ2) is 5.21. The zero-order valence-corrected chi connectivity index (χ0v) is 10.4. The lowest BCUT2D eigenvalue weighted by Gasteiger charge is -2.11. The molecule has 0 bridgehead atoms. The van der Waals surface area contributed by atoms with Crippen LogP contribution in [0, 0.1) is 5.92 Å². The minimum Gasteiger partial charge on any atom is -0.493 e. The molecule has 0 unspecified atom stereocenters. The number of hydrogen-bond donors (Lipinski definition) is 1. The molecule has 0 heterocycles. The Hall–Kier alpha value is -1.51. The Kier molecular flexibility index (Phi) is 3.67. The summed E-state index contributed by atoms with van der Waals surface area (Å²) < 4.78 is 5.82. The number of ether oxygens (including phenoxy) is 1. The summed E-state index contributed by atoms with van der Waals surface area (Å²) >= 11 is 0. The highest BCUT2D eigenvalue weighted by Crippen LogP contribution is 2.31. The zero-order valence-electron chi connectivity index (χ0n) is 10.4. The van der Waals surface area contributed by atoms with Gasteiger partial charge in [0, 0.05) is 11.1 Å². The first-order valence-corrected chi connectivity index (χ1v) is 6.18. The number of oxime groups is 1. The smallest absolute Gasteiger partial charge is 0.123 e. The first kappa shape index (κ1) is 12.0. The van der Waals surface area contributed by atoms with Crippen LogP contribution in [0.15, 0.2) is 23.4 Å². The average molecular weight is 233 g/mol. The Bertz CT molecular complexity index is 424. The van der Waals surface area contributed by atoms with Gasteiger partial charge in [-0.3, -0.25) is 0 Å². The fraction of sp³-hybridized carbons (Fsp3) is 0.500.